The maximum absolute atomic E-state index is 13.6. The van der Waals surface area contributed by atoms with Crippen LogP contribution in [0.3, 0.4) is 0 Å². The minimum absolute atomic E-state index is 0.264. The van der Waals surface area contributed by atoms with Gasteiger partial charge in [0.25, 0.3) is 5.91 Å². The van der Waals surface area contributed by atoms with Crippen molar-refractivity contribution < 1.29 is 45.5 Å². The number of benzene rings is 2. The number of carbonyl (C=O) groups is 3. The molecule has 1 N–H and O–H groups in total. The molecule has 0 spiro atoms. The first-order chi connectivity index (χ1) is 19.4. The third-order valence-electron chi connectivity index (χ3n) is 6.39. The topological polar surface area (TPSA) is 88.1 Å². The number of anilines is 1. The lowest BCUT2D eigenvalue weighted by molar-refractivity contribution is -0.183. The smallest absolute Gasteiger partial charge is 0.389 e. The van der Waals surface area contributed by atoms with Gasteiger partial charge in [-0.3, -0.25) is 14.4 Å². The molecule has 3 unspecified atom stereocenters. The van der Waals surface area contributed by atoms with Crippen LogP contribution in [0.1, 0.15) is 51.2 Å². The molecular weight excluding hydrogens is 568 g/mol. The van der Waals surface area contributed by atoms with E-state index in [4.69, 9.17) is 4.74 Å². The Morgan fingerprint density at radius 1 is 0.929 bits per heavy atom. The lowest BCUT2D eigenvalue weighted by atomic mass is 9.84. The SMILES string of the molecule is CN1C(=O)C(NC(=O)C(CCC(F)(F)F)C(CC(F)(F)F)C(=O)OC(C)(C)C)N=C(c2ccccc2)c2ccccc21. The fourth-order valence-electron chi connectivity index (χ4n) is 4.54. The Kier molecular flexibility index (Phi) is 9.74. The number of para-hydroxylation sites is 1. The van der Waals surface area contributed by atoms with E-state index in [9.17, 15) is 40.7 Å². The van der Waals surface area contributed by atoms with Gasteiger partial charge in [0.2, 0.25) is 12.1 Å². The second-order valence-electron chi connectivity index (χ2n) is 10.9. The van der Waals surface area contributed by atoms with Gasteiger partial charge in [-0.05, 0) is 33.3 Å². The molecule has 1 aliphatic rings. The second kappa shape index (κ2) is 12.5. The number of ether oxygens (including phenoxy) is 1. The molecule has 42 heavy (non-hydrogen) atoms. The van der Waals surface area contributed by atoms with Gasteiger partial charge in [-0.25, -0.2) is 4.99 Å². The minimum atomic E-state index is -5.02. The molecule has 0 radical (unpaired) electrons. The Morgan fingerprint density at radius 3 is 2.10 bits per heavy atom. The summed E-state index contributed by atoms with van der Waals surface area (Å²) in [5.41, 5.74) is 0.449. The predicted octanol–water partition coefficient (Wildman–Crippen LogP) is 5.81. The van der Waals surface area contributed by atoms with Crippen LogP contribution in [0.15, 0.2) is 59.6 Å². The molecule has 0 fully saturated rings. The number of fused-ring (bicyclic) bond motifs is 1. The maximum Gasteiger partial charge on any atom is 0.389 e. The van der Waals surface area contributed by atoms with Crippen molar-refractivity contribution in [2.45, 2.75) is 64.2 Å². The van der Waals surface area contributed by atoms with Gasteiger partial charge in [0, 0.05) is 24.6 Å². The van der Waals surface area contributed by atoms with Gasteiger partial charge in [-0.15, -0.1) is 0 Å². The average molecular weight is 600 g/mol. The van der Waals surface area contributed by atoms with E-state index in [0.717, 1.165) is 0 Å². The van der Waals surface area contributed by atoms with Crippen LogP contribution in [0.2, 0.25) is 0 Å². The molecule has 2 amide bonds. The van der Waals surface area contributed by atoms with Crippen LogP contribution >= 0.6 is 0 Å². The number of hydrogen-bond acceptors (Lipinski definition) is 5. The molecule has 0 saturated heterocycles. The van der Waals surface area contributed by atoms with Crippen molar-refractivity contribution in [3.05, 3.63) is 65.7 Å². The highest BCUT2D eigenvalue weighted by Crippen LogP contribution is 2.36. The van der Waals surface area contributed by atoms with Crippen molar-refractivity contribution in [3.63, 3.8) is 0 Å². The Morgan fingerprint density at radius 2 is 1.52 bits per heavy atom. The average Bonchev–Trinajstić information content (AvgIpc) is 2.97. The summed E-state index contributed by atoms with van der Waals surface area (Å²) in [7, 11) is 1.40. The molecule has 3 atom stereocenters. The number of nitrogens with one attached hydrogen (secondary N) is 1. The number of esters is 1. The molecule has 2 aromatic rings. The number of halogens is 6. The number of likely N-dealkylation sites (N-methyl/N-ethyl adjacent to an activating group) is 1. The van der Waals surface area contributed by atoms with Gasteiger partial charge >= 0.3 is 18.3 Å². The van der Waals surface area contributed by atoms with E-state index in [1.54, 1.807) is 54.6 Å². The number of alkyl halides is 6. The van der Waals surface area contributed by atoms with E-state index in [2.05, 4.69) is 10.3 Å². The third-order valence-corrected chi connectivity index (χ3v) is 6.39. The largest absolute Gasteiger partial charge is 0.460 e. The van der Waals surface area contributed by atoms with Gasteiger partial charge < -0.3 is 15.0 Å². The first-order valence-electron chi connectivity index (χ1n) is 13.0. The third kappa shape index (κ3) is 8.80. The summed E-state index contributed by atoms with van der Waals surface area (Å²) in [5, 5.41) is 2.23. The molecule has 228 valence electrons. The maximum atomic E-state index is 13.6. The van der Waals surface area contributed by atoms with Gasteiger partial charge in [-0.1, -0.05) is 48.5 Å². The molecule has 2 aromatic carbocycles. The number of aliphatic imine (C=N–C) groups is 1. The fourth-order valence-corrected chi connectivity index (χ4v) is 4.54. The number of rotatable bonds is 8. The van der Waals surface area contributed by atoms with Gasteiger partial charge in [0.05, 0.1) is 29.7 Å². The zero-order chi connectivity index (χ0) is 31.5. The van der Waals surface area contributed by atoms with Crippen molar-refractivity contribution in [2.24, 2.45) is 16.8 Å². The Balaban J connectivity index is 2.07. The molecule has 13 heteroatoms. The molecule has 7 nitrogen and oxygen atoms in total. The summed E-state index contributed by atoms with van der Waals surface area (Å²) in [4.78, 5) is 45.4. The molecule has 0 saturated carbocycles. The van der Waals surface area contributed by atoms with E-state index in [0.29, 0.717) is 16.8 Å². The number of nitrogens with zero attached hydrogens (tertiary/aromatic N) is 2. The van der Waals surface area contributed by atoms with Crippen molar-refractivity contribution in [2.75, 3.05) is 11.9 Å². The zero-order valence-electron chi connectivity index (χ0n) is 23.3. The van der Waals surface area contributed by atoms with Gasteiger partial charge in [0.1, 0.15) is 5.60 Å². The van der Waals surface area contributed by atoms with E-state index in [1.165, 1.54) is 32.7 Å². The highest BCUT2D eigenvalue weighted by molar-refractivity contribution is 6.20. The van der Waals surface area contributed by atoms with Crippen molar-refractivity contribution in [1.29, 1.82) is 0 Å². The summed E-state index contributed by atoms with van der Waals surface area (Å²) in [6, 6.07) is 15.2. The van der Waals surface area contributed by atoms with E-state index in [1.807, 2.05) is 0 Å². The summed E-state index contributed by atoms with van der Waals surface area (Å²) in [6.45, 7) is 4.12. The number of amides is 2. The summed E-state index contributed by atoms with van der Waals surface area (Å²) >= 11 is 0. The van der Waals surface area contributed by atoms with Gasteiger partial charge in [-0.2, -0.15) is 26.3 Å². The van der Waals surface area contributed by atoms with E-state index in [-0.39, 0.29) is 5.71 Å². The molecule has 1 aliphatic heterocycles. The minimum Gasteiger partial charge on any atom is -0.460 e. The Bertz CT molecular complexity index is 1320. The Hall–Kier alpha value is -3.90. The van der Waals surface area contributed by atoms with Crippen LogP contribution in [0.5, 0.6) is 0 Å². The van der Waals surface area contributed by atoms with Crippen molar-refractivity contribution in [1.82, 2.24) is 5.32 Å². The van der Waals surface area contributed by atoms with Crippen molar-refractivity contribution >= 4 is 29.2 Å². The first-order valence-corrected chi connectivity index (χ1v) is 13.0. The molecule has 1 heterocycles. The molecular formula is C29H31F6N3O4. The summed E-state index contributed by atoms with van der Waals surface area (Å²) < 4.78 is 85.4. The molecule has 3 rings (SSSR count). The monoisotopic (exact) mass is 599 g/mol. The fraction of sp³-hybridized carbons (Fsp3) is 0.448. The standard InChI is InChI=1S/C29H31F6N3O4/c1-27(2,3)42-26(41)20(16-29(33,34)35)18(14-15-28(30,31)32)24(39)37-23-25(40)38(4)21-13-9-8-12-19(21)22(36-23)17-10-6-5-7-11-17/h5-13,18,20,23H,14-16H2,1-4H3,(H,37,39). The van der Waals surface area contributed by atoms with E-state index < -0.39 is 73.0 Å². The second-order valence-corrected chi connectivity index (χ2v) is 10.9. The van der Waals surface area contributed by atoms with Crippen LogP contribution in [0.25, 0.3) is 0 Å². The molecule has 0 aromatic heterocycles. The van der Waals surface area contributed by atoms with E-state index >= 15 is 0 Å². The lowest BCUT2D eigenvalue weighted by Crippen LogP contribution is -2.50. The number of hydrogen-bond donors (Lipinski definition) is 1. The Labute approximate surface area is 238 Å². The van der Waals surface area contributed by atoms with Crippen molar-refractivity contribution in [3.8, 4) is 0 Å². The summed E-state index contributed by atoms with van der Waals surface area (Å²) in [6.07, 6.45) is -16.3. The van der Waals surface area contributed by atoms with Crippen LogP contribution in [-0.4, -0.2) is 54.7 Å². The van der Waals surface area contributed by atoms with Crippen LogP contribution in [0.4, 0.5) is 32.0 Å². The molecule has 0 bridgehead atoms. The van der Waals surface area contributed by atoms with Gasteiger partial charge in [0.15, 0.2) is 0 Å². The number of benzodiazepines with no additional fused rings is 1. The summed E-state index contributed by atoms with van der Waals surface area (Å²) in [5.74, 6) is -8.08. The highest BCUT2D eigenvalue weighted by atomic mass is 19.4. The lowest BCUT2D eigenvalue weighted by Gasteiger charge is -2.30. The first kappa shape index (κ1) is 32.6. The quantitative estimate of drug-likeness (QED) is 0.307. The molecule has 0 aliphatic carbocycles. The zero-order valence-corrected chi connectivity index (χ0v) is 23.3. The highest BCUT2D eigenvalue weighted by Gasteiger charge is 2.46. The van der Waals surface area contributed by atoms with Crippen LogP contribution in [-0.2, 0) is 19.1 Å². The predicted molar refractivity (Wildman–Crippen MR) is 143 cm³/mol. The number of carbonyl (C=O) groups excluding carboxylic acids is 3. The normalized spacial score (nSPS) is 17.5. The van der Waals surface area contributed by atoms with Crippen LogP contribution < -0.4 is 10.2 Å². The van der Waals surface area contributed by atoms with Crippen LogP contribution in [0, 0.1) is 11.8 Å².